The van der Waals surface area contributed by atoms with Crippen LogP contribution in [0.1, 0.15) is 71.1 Å². The average Bonchev–Trinajstić information content (AvgIpc) is 2.30. The van der Waals surface area contributed by atoms with Gasteiger partial charge in [-0.2, -0.15) is 0 Å². The quantitative estimate of drug-likeness (QED) is 0.743. The molecule has 98 valence electrons. The molecule has 1 saturated carbocycles. The highest BCUT2D eigenvalue weighted by atomic mass is 16.5. The Labute approximate surface area is 105 Å². The summed E-state index contributed by atoms with van der Waals surface area (Å²) in [5.74, 6) is 1.06. The van der Waals surface area contributed by atoms with Crippen molar-refractivity contribution in [3.8, 4) is 0 Å². The first-order chi connectivity index (χ1) is 8.24. The van der Waals surface area contributed by atoms with Crippen LogP contribution in [0.3, 0.4) is 0 Å². The number of carbonyl (C=O) groups is 1. The summed E-state index contributed by atoms with van der Waals surface area (Å²) < 4.78 is 6.07. The van der Waals surface area contributed by atoms with Gasteiger partial charge in [0.05, 0.1) is 5.60 Å². The number of Topliss-reactive ketones (excluding diaryl/α,β-unsaturated/α-hetero) is 1. The van der Waals surface area contributed by atoms with Gasteiger partial charge in [0.15, 0.2) is 0 Å². The van der Waals surface area contributed by atoms with Crippen LogP contribution < -0.4 is 0 Å². The van der Waals surface area contributed by atoms with Crippen LogP contribution in [0, 0.1) is 5.92 Å². The van der Waals surface area contributed by atoms with E-state index in [4.69, 9.17) is 4.74 Å². The minimum Gasteiger partial charge on any atom is -0.375 e. The minimum absolute atomic E-state index is 0.160. The van der Waals surface area contributed by atoms with Crippen LogP contribution in [-0.4, -0.2) is 18.0 Å². The molecule has 1 aliphatic carbocycles. The number of hydrogen-bond donors (Lipinski definition) is 0. The average molecular weight is 238 g/mol. The molecule has 2 aliphatic rings. The lowest BCUT2D eigenvalue weighted by Crippen LogP contribution is -2.41. The molecule has 1 unspecified atom stereocenters. The molecule has 2 fully saturated rings. The van der Waals surface area contributed by atoms with E-state index >= 15 is 0 Å². The zero-order valence-electron chi connectivity index (χ0n) is 11.2. The Morgan fingerprint density at radius 1 is 1.29 bits per heavy atom. The van der Waals surface area contributed by atoms with Gasteiger partial charge < -0.3 is 4.74 Å². The summed E-state index contributed by atoms with van der Waals surface area (Å²) in [6.07, 6.45) is 11.3. The molecule has 0 radical (unpaired) electrons. The maximum Gasteiger partial charge on any atom is 0.133 e. The lowest BCUT2D eigenvalue weighted by atomic mass is 9.75. The fourth-order valence-electron chi connectivity index (χ4n) is 3.55. The van der Waals surface area contributed by atoms with Gasteiger partial charge in [-0.25, -0.2) is 0 Å². The molecule has 0 N–H and O–H groups in total. The van der Waals surface area contributed by atoms with Gasteiger partial charge >= 0.3 is 0 Å². The molecule has 1 heterocycles. The number of carbonyl (C=O) groups excluding carboxylic acids is 1. The maximum absolute atomic E-state index is 11.7. The molecule has 1 saturated heterocycles. The first-order valence-electron chi connectivity index (χ1n) is 7.40. The molecule has 2 nitrogen and oxygen atoms in total. The van der Waals surface area contributed by atoms with E-state index in [1.54, 1.807) is 0 Å². The Morgan fingerprint density at radius 2 is 2.06 bits per heavy atom. The topological polar surface area (TPSA) is 26.3 Å². The van der Waals surface area contributed by atoms with Crippen LogP contribution in [-0.2, 0) is 9.53 Å². The third kappa shape index (κ3) is 3.54. The molecule has 0 aromatic rings. The van der Waals surface area contributed by atoms with E-state index < -0.39 is 0 Å². The zero-order valence-corrected chi connectivity index (χ0v) is 11.2. The van der Waals surface area contributed by atoms with Crippen molar-refractivity contribution in [3.05, 3.63) is 0 Å². The van der Waals surface area contributed by atoms with Gasteiger partial charge in [0, 0.05) is 19.4 Å². The second kappa shape index (κ2) is 5.99. The summed E-state index contributed by atoms with van der Waals surface area (Å²) in [4.78, 5) is 11.7. The second-order valence-electron chi connectivity index (χ2n) is 5.94. The summed E-state index contributed by atoms with van der Waals surface area (Å²) in [5, 5.41) is 0. The van der Waals surface area contributed by atoms with E-state index in [2.05, 4.69) is 6.92 Å². The monoisotopic (exact) mass is 238 g/mol. The molecule has 0 aromatic heterocycles. The second-order valence-corrected chi connectivity index (χ2v) is 5.94. The van der Waals surface area contributed by atoms with Crippen LogP contribution in [0.15, 0.2) is 0 Å². The van der Waals surface area contributed by atoms with Crippen molar-refractivity contribution in [1.82, 2.24) is 0 Å². The summed E-state index contributed by atoms with van der Waals surface area (Å²) in [5.41, 5.74) is 0.160. The van der Waals surface area contributed by atoms with E-state index in [1.165, 1.54) is 32.1 Å². The summed E-state index contributed by atoms with van der Waals surface area (Å²) in [6.45, 7) is 2.97. The van der Waals surface area contributed by atoms with Gasteiger partial charge in [-0.15, -0.1) is 0 Å². The number of hydrogen-bond acceptors (Lipinski definition) is 2. The van der Waals surface area contributed by atoms with Crippen molar-refractivity contribution in [2.75, 3.05) is 6.61 Å². The van der Waals surface area contributed by atoms with Crippen LogP contribution in [0.5, 0.6) is 0 Å². The molecule has 0 bridgehead atoms. The number of ether oxygens (including phenoxy) is 1. The molecule has 0 aromatic carbocycles. The van der Waals surface area contributed by atoms with E-state index in [-0.39, 0.29) is 5.60 Å². The largest absolute Gasteiger partial charge is 0.375 e. The Balaban J connectivity index is 1.85. The van der Waals surface area contributed by atoms with E-state index in [0.717, 1.165) is 38.7 Å². The first kappa shape index (κ1) is 13.1. The smallest absolute Gasteiger partial charge is 0.133 e. The maximum atomic E-state index is 11.7. The predicted molar refractivity (Wildman–Crippen MR) is 69.0 cm³/mol. The molecule has 2 heteroatoms. The van der Waals surface area contributed by atoms with Crippen molar-refractivity contribution < 1.29 is 9.53 Å². The van der Waals surface area contributed by atoms with E-state index in [1.807, 2.05) is 0 Å². The molecule has 1 atom stereocenters. The highest BCUT2D eigenvalue weighted by Gasteiger charge is 2.38. The molecule has 1 spiro atoms. The fourth-order valence-corrected chi connectivity index (χ4v) is 3.55. The van der Waals surface area contributed by atoms with Gasteiger partial charge in [0.2, 0.25) is 0 Å². The molecule has 0 amide bonds. The normalized spacial score (nSPS) is 28.2. The molecule has 1 aliphatic heterocycles. The summed E-state index contributed by atoms with van der Waals surface area (Å²) >= 11 is 0. The Hall–Kier alpha value is -0.370. The van der Waals surface area contributed by atoms with Crippen LogP contribution >= 0.6 is 0 Å². The SMILES string of the molecule is CCCC(=O)CC1CCOC2(CCCCC2)C1. The highest BCUT2D eigenvalue weighted by molar-refractivity contribution is 5.78. The zero-order chi connectivity index (χ0) is 12.1. The van der Waals surface area contributed by atoms with Gasteiger partial charge in [-0.1, -0.05) is 26.2 Å². The van der Waals surface area contributed by atoms with Crippen LogP contribution in [0.4, 0.5) is 0 Å². The minimum atomic E-state index is 0.160. The van der Waals surface area contributed by atoms with E-state index in [9.17, 15) is 4.79 Å². The van der Waals surface area contributed by atoms with Gasteiger partial charge in [0.25, 0.3) is 0 Å². The number of rotatable bonds is 4. The Bertz CT molecular complexity index is 248. The van der Waals surface area contributed by atoms with Crippen LogP contribution in [0.25, 0.3) is 0 Å². The molecule has 17 heavy (non-hydrogen) atoms. The summed E-state index contributed by atoms with van der Waals surface area (Å²) in [7, 11) is 0. The third-order valence-electron chi connectivity index (χ3n) is 4.41. The Morgan fingerprint density at radius 3 is 2.76 bits per heavy atom. The van der Waals surface area contributed by atoms with Crippen molar-refractivity contribution in [1.29, 1.82) is 0 Å². The van der Waals surface area contributed by atoms with Crippen molar-refractivity contribution in [2.45, 2.75) is 76.7 Å². The van der Waals surface area contributed by atoms with Crippen molar-refractivity contribution >= 4 is 5.78 Å². The Kier molecular flexibility index (Phi) is 4.61. The number of ketones is 1. The standard InChI is InChI=1S/C15H26O2/c1-2-6-14(16)11-13-7-10-17-15(12-13)8-4-3-5-9-15/h13H,2-12H2,1H3. The lowest BCUT2D eigenvalue weighted by Gasteiger charge is -2.43. The van der Waals surface area contributed by atoms with Crippen LogP contribution in [0.2, 0.25) is 0 Å². The van der Waals surface area contributed by atoms with Crippen molar-refractivity contribution in [3.63, 3.8) is 0 Å². The fraction of sp³-hybridized carbons (Fsp3) is 0.933. The molecule has 2 rings (SSSR count). The van der Waals surface area contributed by atoms with Gasteiger partial charge in [0.1, 0.15) is 5.78 Å². The van der Waals surface area contributed by atoms with Gasteiger partial charge in [-0.05, 0) is 38.0 Å². The van der Waals surface area contributed by atoms with Crippen molar-refractivity contribution in [2.24, 2.45) is 5.92 Å². The third-order valence-corrected chi connectivity index (χ3v) is 4.41. The molecular formula is C15H26O2. The first-order valence-corrected chi connectivity index (χ1v) is 7.40. The van der Waals surface area contributed by atoms with Gasteiger partial charge in [-0.3, -0.25) is 4.79 Å². The van der Waals surface area contributed by atoms with E-state index in [0.29, 0.717) is 11.7 Å². The lowest BCUT2D eigenvalue weighted by molar-refractivity contribution is -0.130. The highest BCUT2D eigenvalue weighted by Crippen LogP contribution is 2.41. The summed E-state index contributed by atoms with van der Waals surface area (Å²) in [6, 6.07) is 0. The molecular weight excluding hydrogens is 212 g/mol. The predicted octanol–water partition coefficient (Wildman–Crippen LogP) is 3.88.